The SMILES string of the molecule is Cc1cccnc1CN1CC[C@]2(CCC[C@H]2C(=O)N2CCOCC2)C1. The van der Waals surface area contributed by atoms with Gasteiger partial charge in [-0.3, -0.25) is 14.7 Å². The second-order valence-electron chi connectivity index (χ2n) is 7.97. The summed E-state index contributed by atoms with van der Waals surface area (Å²) in [5.74, 6) is 0.595. The fraction of sp³-hybridized carbons (Fsp3) is 0.700. The quantitative estimate of drug-likeness (QED) is 0.844. The van der Waals surface area contributed by atoms with Gasteiger partial charge in [0.2, 0.25) is 5.91 Å². The van der Waals surface area contributed by atoms with Gasteiger partial charge in [0, 0.05) is 38.3 Å². The zero-order valence-electron chi connectivity index (χ0n) is 15.2. The van der Waals surface area contributed by atoms with Crippen molar-refractivity contribution in [2.75, 3.05) is 39.4 Å². The molecular weight excluding hydrogens is 314 g/mol. The number of ether oxygens (including phenoxy) is 1. The van der Waals surface area contributed by atoms with Crippen LogP contribution in [0.1, 0.15) is 36.9 Å². The number of morpholine rings is 1. The first-order chi connectivity index (χ1) is 12.2. The van der Waals surface area contributed by atoms with Gasteiger partial charge in [0.05, 0.1) is 18.9 Å². The first-order valence-electron chi connectivity index (χ1n) is 9.67. The first-order valence-corrected chi connectivity index (χ1v) is 9.67. The molecule has 3 fully saturated rings. The van der Waals surface area contributed by atoms with E-state index in [1.54, 1.807) is 0 Å². The molecule has 3 aliphatic rings. The third-order valence-electron chi connectivity index (χ3n) is 6.48. The van der Waals surface area contributed by atoms with Gasteiger partial charge >= 0.3 is 0 Å². The molecule has 1 saturated carbocycles. The van der Waals surface area contributed by atoms with Gasteiger partial charge in [0.25, 0.3) is 0 Å². The molecule has 0 bridgehead atoms. The van der Waals surface area contributed by atoms with Crippen LogP contribution in [0.25, 0.3) is 0 Å². The van der Waals surface area contributed by atoms with Crippen LogP contribution in [0.15, 0.2) is 18.3 Å². The molecule has 4 rings (SSSR count). The predicted octanol–water partition coefficient (Wildman–Crippen LogP) is 2.24. The highest BCUT2D eigenvalue weighted by molar-refractivity contribution is 5.80. The third kappa shape index (κ3) is 3.32. The van der Waals surface area contributed by atoms with Crippen LogP contribution in [-0.2, 0) is 16.1 Å². The largest absolute Gasteiger partial charge is 0.378 e. The Kier molecular flexibility index (Phi) is 4.78. The van der Waals surface area contributed by atoms with E-state index in [0.29, 0.717) is 19.1 Å². The Morgan fingerprint density at radius 2 is 2.16 bits per heavy atom. The lowest BCUT2D eigenvalue weighted by Gasteiger charge is -2.36. The molecule has 0 N–H and O–H groups in total. The highest BCUT2D eigenvalue weighted by atomic mass is 16.5. The normalized spacial score (nSPS) is 30.3. The molecule has 2 aliphatic heterocycles. The van der Waals surface area contributed by atoms with Gasteiger partial charge < -0.3 is 9.64 Å². The lowest BCUT2D eigenvalue weighted by molar-refractivity contribution is -0.143. The van der Waals surface area contributed by atoms with Crippen molar-refractivity contribution in [2.45, 2.75) is 39.2 Å². The summed E-state index contributed by atoms with van der Waals surface area (Å²) in [7, 11) is 0. The molecule has 2 atom stereocenters. The van der Waals surface area contributed by atoms with Crippen molar-refractivity contribution < 1.29 is 9.53 Å². The van der Waals surface area contributed by atoms with Gasteiger partial charge in [-0.05, 0) is 49.8 Å². The summed E-state index contributed by atoms with van der Waals surface area (Å²) in [6.07, 6.45) is 6.49. The van der Waals surface area contributed by atoms with Crippen LogP contribution >= 0.6 is 0 Å². The minimum absolute atomic E-state index is 0.193. The molecule has 1 aromatic heterocycles. The Bertz CT molecular complexity index is 629. The number of rotatable bonds is 3. The molecule has 0 aromatic carbocycles. The van der Waals surface area contributed by atoms with E-state index in [0.717, 1.165) is 45.6 Å². The monoisotopic (exact) mass is 343 g/mol. The zero-order valence-corrected chi connectivity index (χ0v) is 15.2. The summed E-state index contributed by atoms with van der Waals surface area (Å²) in [5, 5.41) is 0. The van der Waals surface area contributed by atoms with Gasteiger partial charge in [-0.15, -0.1) is 0 Å². The number of amides is 1. The van der Waals surface area contributed by atoms with Gasteiger partial charge in [-0.25, -0.2) is 0 Å². The van der Waals surface area contributed by atoms with E-state index in [4.69, 9.17) is 4.74 Å². The number of hydrogen-bond donors (Lipinski definition) is 0. The molecule has 5 nitrogen and oxygen atoms in total. The molecule has 1 aromatic rings. The Hall–Kier alpha value is -1.46. The van der Waals surface area contributed by atoms with E-state index in [9.17, 15) is 4.79 Å². The molecule has 5 heteroatoms. The Morgan fingerprint density at radius 3 is 2.96 bits per heavy atom. The standard InChI is InChI=1S/C20H29N3O2/c1-16-4-3-8-21-18(16)14-22-9-7-20(15-22)6-2-5-17(20)19(24)23-10-12-25-13-11-23/h3-4,8,17H,2,5-7,9-15H2,1H3/t17-,20+/m0/s1. The minimum atomic E-state index is 0.193. The average molecular weight is 343 g/mol. The maximum atomic E-state index is 13.1. The van der Waals surface area contributed by atoms with E-state index in [1.807, 2.05) is 17.2 Å². The number of hydrogen-bond acceptors (Lipinski definition) is 4. The summed E-state index contributed by atoms with van der Waals surface area (Å²) in [6.45, 7) is 8.09. The number of nitrogens with zero attached hydrogens (tertiary/aromatic N) is 3. The van der Waals surface area contributed by atoms with Crippen molar-refractivity contribution in [1.82, 2.24) is 14.8 Å². The lowest BCUT2D eigenvalue weighted by Crippen LogP contribution is -2.47. The summed E-state index contributed by atoms with van der Waals surface area (Å²) < 4.78 is 5.42. The van der Waals surface area contributed by atoms with Crippen molar-refractivity contribution in [3.8, 4) is 0 Å². The molecule has 0 radical (unpaired) electrons. The van der Waals surface area contributed by atoms with Crippen molar-refractivity contribution in [3.63, 3.8) is 0 Å². The second kappa shape index (κ2) is 7.04. The molecule has 3 heterocycles. The number of pyridine rings is 1. The van der Waals surface area contributed by atoms with E-state index >= 15 is 0 Å². The predicted molar refractivity (Wildman–Crippen MR) is 96.0 cm³/mol. The maximum Gasteiger partial charge on any atom is 0.226 e. The van der Waals surface area contributed by atoms with E-state index in [1.165, 1.54) is 24.1 Å². The van der Waals surface area contributed by atoms with Crippen molar-refractivity contribution in [1.29, 1.82) is 0 Å². The fourth-order valence-electron chi connectivity index (χ4n) is 5.03. The number of aryl methyl sites for hydroxylation is 1. The molecule has 2 saturated heterocycles. The molecule has 1 spiro atoms. The lowest BCUT2D eigenvalue weighted by atomic mass is 9.76. The van der Waals surface area contributed by atoms with Crippen molar-refractivity contribution >= 4 is 5.91 Å². The molecule has 25 heavy (non-hydrogen) atoms. The van der Waals surface area contributed by atoms with Crippen molar-refractivity contribution in [2.24, 2.45) is 11.3 Å². The molecule has 1 aliphatic carbocycles. The second-order valence-corrected chi connectivity index (χ2v) is 7.97. The Morgan fingerprint density at radius 1 is 1.32 bits per heavy atom. The topological polar surface area (TPSA) is 45.7 Å². The van der Waals surface area contributed by atoms with Gasteiger partial charge in [-0.1, -0.05) is 12.5 Å². The zero-order chi connectivity index (χ0) is 17.3. The highest BCUT2D eigenvalue weighted by Gasteiger charge is 2.51. The average Bonchev–Trinajstić information content (AvgIpc) is 3.24. The Labute approximate surface area is 150 Å². The minimum Gasteiger partial charge on any atom is -0.378 e. The molecular formula is C20H29N3O2. The van der Waals surface area contributed by atoms with Crippen LogP contribution in [0.3, 0.4) is 0 Å². The van der Waals surface area contributed by atoms with E-state index in [2.05, 4.69) is 22.9 Å². The highest BCUT2D eigenvalue weighted by Crippen LogP contribution is 2.50. The molecule has 0 unspecified atom stereocenters. The van der Waals surface area contributed by atoms with Crippen LogP contribution in [0.4, 0.5) is 0 Å². The van der Waals surface area contributed by atoms with E-state index in [-0.39, 0.29) is 11.3 Å². The molecule has 1 amide bonds. The number of aromatic nitrogens is 1. The molecule has 136 valence electrons. The van der Waals surface area contributed by atoms with Gasteiger partial charge in [-0.2, -0.15) is 0 Å². The Balaban J connectivity index is 1.44. The third-order valence-corrected chi connectivity index (χ3v) is 6.48. The van der Waals surface area contributed by atoms with Crippen LogP contribution in [0, 0.1) is 18.3 Å². The van der Waals surface area contributed by atoms with Crippen LogP contribution in [0.2, 0.25) is 0 Å². The fourth-order valence-corrected chi connectivity index (χ4v) is 5.03. The summed E-state index contributed by atoms with van der Waals surface area (Å²) in [4.78, 5) is 22.2. The summed E-state index contributed by atoms with van der Waals surface area (Å²) >= 11 is 0. The number of carbonyl (C=O) groups is 1. The smallest absolute Gasteiger partial charge is 0.226 e. The maximum absolute atomic E-state index is 13.1. The van der Waals surface area contributed by atoms with Gasteiger partial charge in [0.15, 0.2) is 0 Å². The summed E-state index contributed by atoms with van der Waals surface area (Å²) in [5.41, 5.74) is 2.63. The van der Waals surface area contributed by atoms with Crippen LogP contribution in [0.5, 0.6) is 0 Å². The van der Waals surface area contributed by atoms with E-state index < -0.39 is 0 Å². The van der Waals surface area contributed by atoms with Crippen molar-refractivity contribution in [3.05, 3.63) is 29.6 Å². The number of likely N-dealkylation sites (tertiary alicyclic amines) is 1. The van der Waals surface area contributed by atoms with Crippen LogP contribution in [-0.4, -0.2) is 60.1 Å². The van der Waals surface area contributed by atoms with Gasteiger partial charge in [0.1, 0.15) is 0 Å². The van der Waals surface area contributed by atoms with Crippen LogP contribution < -0.4 is 0 Å². The number of carbonyl (C=O) groups excluding carboxylic acids is 1. The first kappa shape index (κ1) is 17.0. The summed E-state index contributed by atoms with van der Waals surface area (Å²) in [6, 6.07) is 4.13.